The Balaban J connectivity index is 2.22. The highest BCUT2D eigenvalue weighted by Crippen LogP contribution is 2.24. The van der Waals surface area contributed by atoms with E-state index in [2.05, 4.69) is 43.0 Å². The molecule has 1 heterocycles. The largest absolute Gasteiger partial charge is 0.356 e. The van der Waals surface area contributed by atoms with Crippen molar-refractivity contribution in [2.75, 3.05) is 13.1 Å². The van der Waals surface area contributed by atoms with Crippen molar-refractivity contribution in [2.24, 2.45) is 0 Å². The minimum atomic E-state index is 0.639. The summed E-state index contributed by atoms with van der Waals surface area (Å²) in [5, 5.41) is 0. The Labute approximate surface area is 273 Å². The molecular weight excluding hydrogens is 520 g/mol. The van der Waals surface area contributed by atoms with Gasteiger partial charge in [-0.25, -0.2) is 0 Å². The summed E-state index contributed by atoms with van der Waals surface area (Å²) >= 11 is 0. The van der Waals surface area contributed by atoms with E-state index in [0.717, 1.165) is 0 Å². The van der Waals surface area contributed by atoms with Crippen LogP contribution >= 0.6 is 0 Å². The Morgan fingerprint density at radius 2 is 0.535 bits per heavy atom. The molecule has 0 bridgehead atoms. The highest BCUT2D eigenvalue weighted by molar-refractivity contribution is 4.97. The van der Waals surface area contributed by atoms with Crippen molar-refractivity contribution in [1.29, 1.82) is 0 Å². The van der Waals surface area contributed by atoms with Crippen LogP contribution in [0.2, 0.25) is 0 Å². The Bertz CT molecular complexity index is 558. The van der Waals surface area contributed by atoms with Crippen LogP contribution < -0.4 is 0 Å². The van der Waals surface area contributed by atoms with Crippen molar-refractivity contribution in [3.05, 3.63) is 12.4 Å². The molecule has 2 heteroatoms. The number of hydrogen-bond acceptors (Lipinski definition) is 2. The number of rotatable bonds is 35. The lowest BCUT2D eigenvalue weighted by Gasteiger charge is -2.33. The third-order valence-corrected chi connectivity index (χ3v) is 10.1. The third kappa shape index (κ3) is 25.2. The van der Waals surface area contributed by atoms with Gasteiger partial charge in [-0.15, -0.1) is 0 Å². The van der Waals surface area contributed by atoms with Gasteiger partial charge in [0.1, 0.15) is 6.17 Å². The van der Waals surface area contributed by atoms with Crippen LogP contribution in [-0.2, 0) is 0 Å². The zero-order valence-corrected chi connectivity index (χ0v) is 30.4. The summed E-state index contributed by atoms with van der Waals surface area (Å²) in [6.07, 6.45) is 52.9. The van der Waals surface area contributed by atoms with Crippen LogP contribution in [0.1, 0.15) is 233 Å². The topological polar surface area (TPSA) is 6.48 Å². The Hall–Kier alpha value is -0.660. The average Bonchev–Trinajstić information content (AvgIpc) is 3.40. The summed E-state index contributed by atoms with van der Waals surface area (Å²) in [4.78, 5) is 5.44. The van der Waals surface area contributed by atoms with Crippen LogP contribution in [0, 0.1) is 0 Å². The predicted molar refractivity (Wildman–Crippen MR) is 196 cm³/mol. The Kier molecular flexibility index (Phi) is 30.7. The molecule has 0 saturated carbocycles. The standard InChI is InChI=1S/C41H82N2/c1-4-7-10-13-16-19-21-23-26-29-32-35-38-43-40-39-42(37-34-31-28-25-22-20-17-14-11-8-5-2)41(43)36-33-30-27-24-18-15-12-9-6-3/h39-41H,4-38H2,1-3H3. The smallest absolute Gasteiger partial charge is 0.101 e. The molecule has 0 aromatic heterocycles. The SMILES string of the molecule is CCCCCCCCCCCCCCN1C=CN(CCCCCCCCCCCCC)C1CCCCCCCCCCC. The van der Waals surface area contributed by atoms with E-state index >= 15 is 0 Å². The molecule has 0 saturated heterocycles. The molecule has 0 amide bonds. The lowest BCUT2D eigenvalue weighted by molar-refractivity contribution is 0.135. The van der Waals surface area contributed by atoms with Crippen molar-refractivity contribution < 1.29 is 0 Å². The molecule has 0 spiro atoms. The fourth-order valence-electron chi connectivity index (χ4n) is 7.07. The first kappa shape index (κ1) is 40.4. The summed E-state index contributed by atoms with van der Waals surface area (Å²) in [5.74, 6) is 0. The van der Waals surface area contributed by atoms with Gasteiger partial charge in [-0.05, 0) is 25.7 Å². The molecule has 43 heavy (non-hydrogen) atoms. The molecule has 0 N–H and O–H groups in total. The first-order valence-electron chi connectivity index (χ1n) is 20.5. The molecular formula is C41H82N2. The molecule has 2 nitrogen and oxygen atoms in total. The lowest BCUT2D eigenvalue weighted by atomic mass is 10.0. The zero-order valence-electron chi connectivity index (χ0n) is 30.4. The van der Waals surface area contributed by atoms with Gasteiger partial charge >= 0.3 is 0 Å². The number of nitrogens with zero attached hydrogens (tertiary/aromatic N) is 2. The van der Waals surface area contributed by atoms with Crippen molar-refractivity contribution in [3.63, 3.8) is 0 Å². The van der Waals surface area contributed by atoms with E-state index in [-0.39, 0.29) is 0 Å². The maximum absolute atomic E-state index is 2.72. The maximum atomic E-state index is 2.72. The highest BCUT2D eigenvalue weighted by Gasteiger charge is 2.24. The molecule has 0 aromatic carbocycles. The van der Waals surface area contributed by atoms with Gasteiger partial charge in [0.05, 0.1) is 0 Å². The Morgan fingerprint density at radius 3 is 0.814 bits per heavy atom. The molecule has 1 aliphatic heterocycles. The zero-order chi connectivity index (χ0) is 30.9. The van der Waals surface area contributed by atoms with E-state index in [9.17, 15) is 0 Å². The van der Waals surface area contributed by atoms with Crippen molar-refractivity contribution in [3.8, 4) is 0 Å². The predicted octanol–water partition coefficient (Wildman–Crippen LogP) is 14.3. The molecule has 1 unspecified atom stereocenters. The van der Waals surface area contributed by atoms with E-state index in [1.807, 2.05) is 0 Å². The number of unbranched alkanes of at least 4 members (excludes halogenated alkanes) is 29. The molecule has 1 atom stereocenters. The monoisotopic (exact) mass is 603 g/mol. The van der Waals surface area contributed by atoms with Crippen molar-refractivity contribution in [1.82, 2.24) is 9.80 Å². The first-order chi connectivity index (χ1) is 21.3. The van der Waals surface area contributed by atoms with Crippen molar-refractivity contribution in [2.45, 2.75) is 239 Å². The normalized spacial score (nSPS) is 14.9. The van der Waals surface area contributed by atoms with Gasteiger partial charge in [0, 0.05) is 25.5 Å². The van der Waals surface area contributed by atoms with Gasteiger partial charge in [-0.2, -0.15) is 0 Å². The van der Waals surface area contributed by atoms with Crippen LogP contribution in [0.3, 0.4) is 0 Å². The second-order valence-electron chi connectivity index (χ2n) is 14.3. The lowest BCUT2D eigenvalue weighted by Crippen LogP contribution is -2.39. The Morgan fingerprint density at radius 1 is 0.302 bits per heavy atom. The summed E-state index contributed by atoms with van der Waals surface area (Å²) < 4.78 is 0. The summed E-state index contributed by atoms with van der Waals surface area (Å²) in [7, 11) is 0. The fraction of sp³-hybridized carbons (Fsp3) is 0.951. The van der Waals surface area contributed by atoms with Gasteiger partial charge in [-0.3, -0.25) is 0 Å². The first-order valence-corrected chi connectivity index (χ1v) is 20.5. The molecule has 0 fully saturated rings. The van der Waals surface area contributed by atoms with Gasteiger partial charge in [0.25, 0.3) is 0 Å². The summed E-state index contributed by atoms with van der Waals surface area (Å²) in [5.41, 5.74) is 0. The minimum absolute atomic E-state index is 0.639. The van der Waals surface area contributed by atoms with Gasteiger partial charge in [0.15, 0.2) is 0 Å². The van der Waals surface area contributed by atoms with Crippen LogP contribution in [0.5, 0.6) is 0 Å². The summed E-state index contributed by atoms with van der Waals surface area (Å²) in [6.45, 7) is 9.48. The third-order valence-electron chi connectivity index (χ3n) is 10.1. The van der Waals surface area contributed by atoms with Gasteiger partial charge in [-0.1, -0.05) is 207 Å². The van der Waals surface area contributed by atoms with Crippen LogP contribution in [0.4, 0.5) is 0 Å². The van der Waals surface area contributed by atoms with Gasteiger partial charge in [0.2, 0.25) is 0 Å². The quantitative estimate of drug-likeness (QED) is 0.0666. The molecule has 1 rings (SSSR count). The maximum Gasteiger partial charge on any atom is 0.101 e. The van der Waals surface area contributed by atoms with E-state index < -0.39 is 0 Å². The second-order valence-corrected chi connectivity index (χ2v) is 14.3. The van der Waals surface area contributed by atoms with Crippen molar-refractivity contribution >= 4 is 0 Å². The van der Waals surface area contributed by atoms with E-state index in [1.54, 1.807) is 0 Å². The fourth-order valence-corrected chi connectivity index (χ4v) is 7.07. The molecule has 0 aliphatic carbocycles. The van der Waals surface area contributed by atoms with E-state index in [0.29, 0.717) is 6.17 Å². The van der Waals surface area contributed by atoms with E-state index in [4.69, 9.17) is 0 Å². The second kappa shape index (κ2) is 32.7. The molecule has 256 valence electrons. The van der Waals surface area contributed by atoms with E-state index in [1.165, 1.54) is 225 Å². The molecule has 0 radical (unpaired) electrons. The van der Waals surface area contributed by atoms with Crippen LogP contribution in [0.15, 0.2) is 12.4 Å². The minimum Gasteiger partial charge on any atom is -0.356 e. The molecule has 0 aromatic rings. The van der Waals surface area contributed by atoms with Crippen LogP contribution in [-0.4, -0.2) is 29.1 Å². The molecule has 1 aliphatic rings. The summed E-state index contributed by atoms with van der Waals surface area (Å²) in [6, 6.07) is 0. The van der Waals surface area contributed by atoms with Gasteiger partial charge < -0.3 is 9.80 Å². The highest BCUT2D eigenvalue weighted by atomic mass is 15.4. The average molecular weight is 603 g/mol. The number of hydrogen-bond donors (Lipinski definition) is 0. The van der Waals surface area contributed by atoms with Crippen LogP contribution in [0.25, 0.3) is 0 Å².